The third-order valence-corrected chi connectivity index (χ3v) is 3.36. The number of ether oxygens (including phenoxy) is 1. The highest BCUT2D eigenvalue weighted by Gasteiger charge is 2.09. The molecule has 0 saturated carbocycles. The fraction of sp³-hybridized carbons (Fsp3) is 0.562. The SMILES string of the molecule is COCc1cc(CNC(=O)NCCC(O)C(C)C)ccc1F. The van der Waals surface area contributed by atoms with Crippen LogP contribution < -0.4 is 10.6 Å². The number of aliphatic hydroxyl groups is 1. The number of hydrogen-bond acceptors (Lipinski definition) is 3. The molecule has 0 bridgehead atoms. The summed E-state index contributed by atoms with van der Waals surface area (Å²) in [7, 11) is 1.50. The summed E-state index contributed by atoms with van der Waals surface area (Å²) < 4.78 is 18.4. The first-order chi connectivity index (χ1) is 10.4. The number of hydrogen-bond donors (Lipinski definition) is 3. The predicted molar refractivity (Wildman–Crippen MR) is 82.8 cm³/mol. The number of amides is 2. The zero-order chi connectivity index (χ0) is 16.5. The Morgan fingerprint density at radius 3 is 2.73 bits per heavy atom. The molecule has 1 rings (SSSR count). The Kier molecular flexibility index (Phi) is 7.84. The third kappa shape index (κ3) is 6.41. The Labute approximate surface area is 130 Å². The Balaban J connectivity index is 2.36. The Morgan fingerprint density at radius 2 is 2.09 bits per heavy atom. The number of aliphatic hydroxyl groups excluding tert-OH is 1. The lowest BCUT2D eigenvalue weighted by Crippen LogP contribution is -2.37. The molecule has 6 heteroatoms. The first-order valence-electron chi connectivity index (χ1n) is 7.40. The quantitative estimate of drug-likeness (QED) is 0.689. The van der Waals surface area contributed by atoms with Gasteiger partial charge in [-0.1, -0.05) is 19.9 Å². The van der Waals surface area contributed by atoms with E-state index in [1.165, 1.54) is 13.2 Å². The molecule has 0 radical (unpaired) electrons. The first-order valence-corrected chi connectivity index (χ1v) is 7.40. The van der Waals surface area contributed by atoms with Crippen molar-refractivity contribution in [2.24, 2.45) is 5.92 Å². The molecule has 1 aromatic carbocycles. The van der Waals surface area contributed by atoms with Gasteiger partial charge in [0.1, 0.15) is 5.82 Å². The minimum Gasteiger partial charge on any atom is -0.393 e. The van der Waals surface area contributed by atoms with Crippen molar-refractivity contribution in [3.8, 4) is 0 Å². The third-order valence-electron chi connectivity index (χ3n) is 3.36. The van der Waals surface area contributed by atoms with Gasteiger partial charge in [-0.25, -0.2) is 9.18 Å². The lowest BCUT2D eigenvalue weighted by atomic mass is 10.0. The van der Waals surface area contributed by atoms with Gasteiger partial charge in [0.05, 0.1) is 12.7 Å². The normalized spacial score (nSPS) is 12.3. The molecule has 0 spiro atoms. The van der Waals surface area contributed by atoms with Gasteiger partial charge >= 0.3 is 6.03 Å². The van der Waals surface area contributed by atoms with Crippen molar-refractivity contribution in [3.05, 3.63) is 35.1 Å². The van der Waals surface area contributed by atoms with E-state index in [4.69, 9.17) is 4.74 Å². The summed E-state index contributed by atoms with van der Waals surface area (Å²) in [5.41, 5.74) is 1.26. The molecule has 0 aliphatic rings. The molecule has 2 amide bonds. The molecule has 1 unspecified atom stereocenters. The van der Waals surface area contributed by atoms with Gasteiger partial charge in [-0.15, -0.1) is 0 Å². The van der Waals surface area contributed by atoms with Crippen LogP contribution in [0.5, 0.6) is 0 Å². The summed E-state index contributed by atoms with van der Waals surface area (Å²) in [5.74, 6) is -0.152. The molecule has 0 aromatic heterocycles. The van der Waals surface area contributed by atoms with Crippen molar-refractivity contribution in [1.29, 1.82) is 0 Å². The van der Waals surface area contributed by atoms with Gasteiger partial charge in [0, 0.05) is 25.8 Å². The van der Waals surface area contributed by atoms with E-state index < -0.39 is 6.10 Å². The van der Waals surface area contributed by atoms with E-state index >= 15 is 0 Å². The molecule has 0 aliphatic heterocycles. The molecule has 0 fully saturated rings. The van der Waals surface area contributed by atoms with E-state index in [1.807, 2.05) is 13.8 Å². The molecule has 3 N–H and O–H groups in total. The van der Waals surface area contributed by atoms with Crippen molar-refractivity contribution in [3.63, 3.8) is 0 Å². The molecule has 0 saturated heterocycles. The van der Waals surface area contributed by atoms with Gasteiger partial charge in [-0.3, -0.25) is 0 Å². The maximum absolute atomic E-state index is 13.5. The van der Waals surface area contributed by atoms with Crippen LogP contribution in [-0.2, 0) is 17.9 Å². The maximum atomic E-state index is 13.5. The molecule has 0 aliphatic carbocycles. The van der Waals surface area contributed by atoms with Crippen LogP contribution in [-0.4, -0.2) is 30.9 Å². The van der Waals surface area contributed by atoms with E-state index in [2.05, 4.69) is 10.6 Å². The molecule has 1 atom stereocenters. The van der Waals surface area contributed by atoms with Gasteiger partial charge in [0.2, 0.25) is 0 Å². The van der Waals surface area contributed by atoms with Crippen molar-refractivity contribution in [1.82, 2.24) is 10.6 Å². The van der Waals surface area contributed by atoms with Crippen LogP contribution in [0.3, 0.4) is 0 Å². The number of rotatable bonds is 8. The number of carbonyl (C=O) groups is 1. The highest BCUT2D eigenvalue weighted by molar-refractivity contribution is 5.73. The molecule has 5 nitrogen and oxygen atoms in total. The summed E-state index contributed by atoms with van der Waals surface area (Å²) in [6, 6.07) is 4.34. The van der Waals surface area contributed by atoms with Gasteiger partial charge < -0.3 is 20.5 Å². The van der Waals surface area contributed by atoms with Crippen LogP contribution in [0.1, 0.15) is 31.4 Å². The van der Waals surface area contributed by atoms with E-state index in [-0.39, 0.29) is 24.4 Å². The zero-order valence-electron chi connectivity index (χ0n) is 13.4. The van der Waals surface area contributed by atoms with Crippen LogP contribution in [0.25, 0.3) is 0 Å². The molecule has 22 heavy (non-hydrogen) atoms. The average molecular weight is 312 g/mol. The van der Waals surface area contributed by atoms with Crippen molar-refractivity contribution >= 4 is 6.03 Å². The predicted octanol–water partition coefficient (Wildman–Crippen LogP) is 2.18. The number of carbonyl (C=O) groups excluding carboxylic acids is 1. The first kappa shape index (κ1) is 18.4. The average Bonchev–Trinajstić information content (AvgIpc) is 2.48. The van der Waals surface area contributed by atoms with Gasteiger partial charge in [-0.05, 0) is 30.0 Å². The van der Waals surface area contributed by atoms with Gasteiger partial charge in [0.15, 0.2) is 0 Å². The summed E-state index contributed by atoms with van der Waals surface area (Å²) >= 11 is 0. The second-order valence-electron chi connectivity index (χ2n) is 5.57. The molecule has 1 aromatic rings. The summed E-state index contributed by atoms with van der Waals surface area (Å²) in [6.07, 6.45) is 0.0913. The minimum absolute atomic E-state index is 0.170. The van der Waals surface area contributed by atoms with Gasteiger partial charge in [0.25, 0.3) is 0 Å². The van der Waals surface area contributed by atoms with Crippen LogP contribution >= 0.6 is 0 Å². The lowest BCUT2D eigenvalue weighted by Gasteiger charge is -2.14. The monoisotopic (exact) mass is 312 g/mol. The van der Waals surface area contributed by atoms with E-state index in [9.17, 15) is 14.3 Å². The van der Waals surface area contributed by atoms with Crippen molar-refractivity contribution in [2.45, 2.75) is 39.5 Å². The second kappa shape index (κ2) is 9.38. The van der Waals surface area contributed by atoms with E-state index in [1.54, 1.807) is 12.1 Å². The zero-order valence-corrected chi connectivity index (χ0v) is 13.4. The van der Waals surface area contributed by atoms with Gasteiger partial charge in [-0.2, -0.15) is 0 Å². The summed E-state index contributed by atoms with van der Waals surface area (Å²) in [5, 5.41) is 15.0. The highest BCUT2D eigenvalue weighted by atomic mass is 19.1. The van der Waals surface area contributed by atoms with E-state index in [0.29, 0.717) is 25.1 Å². The lowest BCUT2D eigenvalue weighted by molar-refractivity contribution is 0.116. The molecular weight excluding hydrogens is 287 g/mol. The smallest absolute Gasteiger partial charge is 0.315 e. The summed E-state index contributed by atoms with van der Waals surface area (Å²) in [4.78, 5) is 11.6. The number of methoxy groups -OCH3 is 1. The molecule has 0 heterocycles. The van der Waals surface area contributed by atoms with Crippen LogP contribution in [0.4, 0.5) is 9.18 Å². The Hall–Kier alpha value is -1.66. The molecule has 124 valence electrons. The Bertz CT molecular complexity index is 480. The fourth-order valence-electron chi connectivity index (χ4n) is 1.92. The van der Waals surface area contributed by atoms with E-state index in [0.717, 1.165) is 5.56 Å². The number of urea groups is 1. The second-order valence-corrected chi connectivity index (χ2v) is 5.57. The van der Waals surface area contributed by atoms with Crippen molar-refractivity contribution in [2.75, 3.05) is 13.7 Å². The highest BCUT2D eigenvalue weighted by Crippen LogP contribution is 2.11. The molecular formula is C16H25FN2O3. The number of halogens is 1. The maximum Gasteiger partial charge on any atom is 0.315 e. The van der Waals surface area contributed by atoms with Crippen LogP contribution in [0, 0.1) is 11.7 Å². The standard InChI is InChI=1S/C16H25FN2O3/c1-11(2)15(20)6-7-18-16(21)19-9-12-4-5-14(17)13(8-12)10-22-3/h4-5,8,11,15,20H,6-7,9-10H2,1-3H3,(H2,18,19,21). The topological polar surface area (TPSA) is 70.6 Å². The van der Waals surface area contributed by atoms with Crippen LogP contribution in [0.15, 0.2) is 18.2 Å². The summed E-state index contributed by atoms with van der Waals surface area (Å²) in [6.45, 7) is 4.76. The largest absolute Gasteiger partial charge is 0.393 e. The number of nitrogens with one attached hydrogen (secondary N) is 2. The van der Waals surface area contributed by atoms with Crippen LogP contribution in [0.2, 0.25) is 0 Å². The minimum atomic E-state index is -0.422. The number of benzene rings is 1. The Morgan fingerprint density at radius 1 is 1.36 bits per heavy atom. The fourth-order valence-corrected chi connectivity index (χ4v) is 1.92. The van der Waals surface area contributed by atoms with Crippen molar-refractivity contribution < 1.29 is 19.0 Å².